The second-order valence-corrected chi connectivity index (χ2v) is 5.31. The summed E-state index contributed by atoms with van der Waals surface area (Å²) in [4.78, 5) is 0. The molecule has 10 heavy (non-hydrogen) atoms. The predicted molar refractivity (Wildman–Crippen MR) is 53.2 cm³/mol. The summed E-state index contributed by atoms with van der Waals surface area (Å²) in [5.74, 6) is 1.53. The Balaban J connectivity index is 3.38. The van der Waals surface area contributed by atoms with Gasteiger partial charge in [-0.05, 0) is 18.4 Å². The lowest BCUT2D eigenvalue weighted by Gasteiger charge is -2.09. The van der Waals surface area contributed by atoms with E-state index in [0.717, 1.165) is 30.1 Å². The maximum atomic E-state index is 5.61. The molecule has 0 aliphatic rings. The first kappa shape index (κ1) is 10.5. The molecule has 0 heterocycles. The summed E-state index contributed by atoms with van der Waals surface area (Å²) >= 11 is 11.2. The van der Waals surface area contributed by atoms with E-state index in [1.807, 2.05) is 0 Å². The molecule has 0 aromatic heterocycles. The topological polar surface area (TPSA) is 0 Å². The quantitative estimate of drug-likeness (QED) is 0.453. The molecule has 0 aliphatic carbocycles. The van der Waals surface area contributed by atoms with E-state index in [4.69, 9.17) is 23.2 Å². The highest BCUT2D eigenvalue weighted by atomic mass is 35.5. The Kier molecular flexibility index (Phi) is 8.05. The van der Waals surface area contributed by atoms with E-state index in [2.05, 4.69) is 12.3 Å². The third-order valence-corrected chi connectivity index (χ3v) is 3.79. The molecule has 0 aliphatic heterocycles. The Morgan fingerprint density at radius 2 is 1.80 bits per heavy atom. The van der Waals surface area contributed by atoms with E-state index >= 15 is 0 Å². The van der Waals surface area contributed by atoms with Gasteiger partial charge in [-0.3, -0.25) is 0 Å². The minimum Gasteiger partial charge on any atom is -0.127 e. The average Bonchev–Trinajstić information content (AvgIpc) is 1.90. The molecule has 0 unspecified atom stereocenters. The Morgan fingerprint density at radius 3 is 2.10 bits per heavy atom. The predicted octanol–water partition coefficient (Wildman–Crippen LogP) is 2.34. The first-order valence-electron chi connectivity index (χ1n) is 3.58. The van der Waals surface area contributed by atoms with Gasteiger partial charge in [0.25, 0.3) is 0 Å². The lowest BCUT2D eigenvalue weighted by atomic mass is 10.3. The Hall–Kier alpha value is 0.537. The van der Waals surface area contributed by atoms with Crippen molar-refractivity contribution in [3.8, 4) is 0 Å². The minimum atomic E-state index is -0.0913. The fourth-order valence-electron chi connectivity index (χ4n) is 0.924. The van der Waals surface area contributed by atoms with E-state index in [9.17, 15) is 0 Å². The SMILES string of the molecule is C=C[SiH2]C(CCCl)CCCl. The summed E-state index contributed by atoms with van der Waals surface area (Å²) in [5.41, 5.74) is 2.86. The molecule has 3 heteroatoms. The van der Waals surface area contributed by atoms with Gasteiger partial charge in [-0.25, -0.2) is 0 Å². The summed E-state index contributed by atoms with van der Waals surface area (Å²) in [6, 6.07) is 0. The van der Waals surface area contributed by atoms with Crippen LogP contribution in [0.1, 0.15) is 12.8 Å². The zero-order valence-corrected chi connectivity index (χ0v) is 9.08. The fourth-order valence-corrected chi connectivity index (χ4v) is 3.41. The second-order valence-electron chi connectivity index (χ2n) is 2.35. The summed E-state index contributed by atoms with van der Waals surface area (Å²) in [6.45, 7) is 3.74. The lowest BCUT2D eigenvalue weighted by Crippen LogP contribution is -2.02. The molecule has 0 atom stereocenters. The van der Waals surface area contributed by atoms with Gasteiger partial charge < -0.3 is 0 Å². The van der Waals surface area contributed by atoms with Crippen molar-refractivity contribution in [3.63, 3.8) is 0 Å². The smallest absolute Gasteiger partial charge is 0.0478 e. The van der Waals surface area contributed by atoms with Gasteiger partial charge in [-0.1, -0.05) is 0 Å². The van der Waals surface area contributed by atoms with Crippen LogP contribution in [0.4, 0.5) is 0 Å². The molecular formula is C7H14Cl2Si. The van der Waals surface area contributed by atoms with Crippen LogP contribution in [0.3, 0.4) is 0 Å². The number of halogens is 2. The summed E-state index contributed by atoms with van der Waals surface area (Å²) < 4.78 is 0. The number of rotatable bonds is 6. The van der Waals surface area contributed by atoms with E-state index in [0.29, 0.717) is 0 Å². The van der Waals surface area contributed by atoms with Crippen LogP contribution in [0.2, 0.25) is 5.54 Å². The van der Waals surface area contributed by atoms with Crippen molar-refractivity contribution in [2.24, 2.45) is 0 Å². The highest BCUT2D eigenvalue weighted by Gasteiger charge is 2.04. The first-order valence-corrected chi connectivity index (χ1v) is 6.28. The minimum absolute atomic E-state index is 0.0913. The molecule has 0 fully saturated rings. The van der Waals surface area contributed by atoms with Crippen molar-refractivity contribution in [1.29, 1.82) is 0 Å². The highest BCUT2D eigenvalue weighted by molar-refractivity contribution is 6.44. The monoisotopic (exact) mass is 196 g/mol. The molecule has 0 bridgehead atoms. The summed E-state index contributed by atoms with van der Waals surface area (Å²) in [7, 11) is -0.0913. The van der Waals surface area contributed by atoms with Crippen LogP contribution in [0.15, 0.2) is 12.3 Å². The van der Waals surface area contributed by atoms with Crippen LogP contribution in [0.25, 0.3) is 0 Å². The van der Waals surface area contributed by atoms with Crippen molar-refractivity contribution in [2.45, 2.75) is 18.4 Å². The molecular weight excluding hydrogens is 183 g/mol. The van der Waals surface area contributed by atoms with Crippen LogP contribution in [-0.4, -0.2) is 21.3 Å². The maximum absolute atomic E-state index is 5.61. The van der Waals surface area contributed by atoms with Gasteiger partial charge in [0.1, 0.15) is 0 Å². The van der Waals surface area contributed by atoms with E-state index < -0.39 is 0 Å². The zero-order valence-electron chi connectivity index (χ0n) is 6.15. The van der Waals surface area contributed by atoms with Crippen LogP contribution in [0, 0.1) is 0 Å². The third-order valence-electron chi connectivity index (χ3n) is 1.53. The van der Waals surface area contributed by atoms with Gasteiger partial charge in [0, 0.05) is 21.3 Å². The van der Waals surface area contributed by atoms with Crippen LogP contribution in [-0.2, 0) is 0 Å². The van der Waals surface area contributed by atoms with Gasteiger partial charge >= 0.3 is 0 Å². The molecule has 60 valence electrons. The van der Waals surface area contributed by atoms with Gasteiger partial charge in [0.2, 0.25) is 0 Å². The molecule has 0 aromatic carbocycles. The molecule has 0 radical (unpaired) electrons. The largest absolute Gasteiger partial charge is 0.127 e. The van der Waals surface area contributed by atoms with Crippen LogP contribution >= 0.6 is 23.2 Å². The van der Waals surface area contributed by atoms with Crippen molar-refractivity contribution >= 4 is 32.7 Å². The number of hydrogen-bond acceptors (Lipinski definition) is 0. The van der Waals surface area contributed by atoms with Crippen molar-refractivity contribution in [2.75, 3.05) is 11.8 Å². The first-order chi connectivity index (χ1) is 4.85. The van der Waals surface area contributed by atoms with Gasteiger partial charge in [-0.2, -0.15) is 0 Å². The Bertz CT molecular complexity index is 79.7. The Labute approximate surface area is 75.4 Å². The fraction of sp³-hybridized carbons (Fsp3) is 0.714. The third kappa shape index (κ3) is 5.33. The molecule has 0 aromatic rings. The molecule has 0 amide bonds. The van der Waals surface area contributed by atoms with Crippen molar-refractivity contribution in [3.05, 3.63) is 12.3 Å². The molecule has 0 rings (SSSR count). The molecule has 0 saturated heterocycles. The van der Waals surface area contributed by atoms with Crippen LogP contribution < -0.4 is 0 Å². The van der Waals surface area contributed by atoms with Crippen molar-refractivity contribution in [1.82, 2.24) is 0 Å². The molecule has 0 nitrogen and oxygen atoms in total. The summed E-state index contributed by atoms with van der Waals surface area (Å²) in [6.07, 6.45) is 2.24. The molecule has 0 saturated carbocycles. The Morgan fingerprint density at radius 1 is 1.30 bits per heavy atom. The second kappa shape index (κ2) is 7.64. The maximum Gasteiger partial charge on any atom is 0.0478 e. The highest BCUT2D eigenvalue weighted by Crippen LogP contribution is 2.15. The van der Waals surface area contributed by atoms with Crippen LogP contribution in [0.5, 0.6) is 0 Å². The molecule has 0 N–H and O–H groups in total. The van der Waals surface area contributed by atoms with Gasteiger partial charge in [0.15, 0.2) is 0 Å². The standard InChI is InChI=1S/C7H14Cl2Si/c1-2-10-7(3-5-8)4-6-9/h2,7H,1,3-6,10H2. The average molecular weight is 197 g/mol. The summed E-state index contributed by atoms with van der Waals surface area (Å²) in [5, 5.41) is 0. The van der Waals surface area contributed by atoms with E-state index in [1.165, 1.54) is 0 Å². The zero-order chi connectivity index (χ0) is 7.82. The van der Waals surface area contributed by atoms with Gasteiger partial charge in [-0.15, -0.1) is 35.5 Å². The molecule has 0 spiro atoms. The number of hydrogen-bond donors (Lipinski definition) is 0. The number of alkyl halides is 2. The van der Waals surface area contributed by atoms with E-state index in [1.54, 1.807) is 0 Å². The van der Waals surface area contributed by atoms with E-state index in [-0.39, 0.29) is 9.52 Å². The van der Waals surface area contributed by atoms with Crippen molar-refractivity contribution < 1.29 is 0 Å². The lowest BCUT2D eigenvalue weighted by molar-refractivity contribution is 0.771. The normalized spacial score (nSPS) is 11.5. The van der Waals surface area contributed by atoms with Gasteiger partial charge in [0.05, 0.1) is 0 Å².